The zero-order valence-corrected chi connectivity index (χ0v) is 8.04. The molecule has 0 aromatic rings. The maximum absolute atomic E-state index is 8.31. The summed E-state index contributed by atoms with van der Waals surface area (Å²) in [5, 5.41) is 14.5. The Balaban J connectivity index is 3.66. The summed E-state index contributed by atoms with van der Waals surface area (Å²) in [4.78, 5) is 0. The van der Waals surface area contributed by atoms with E-state index in [0.29, 0.717) is 12.5 Å². The highest BCUT2D eigenvalue weighted by molar-refractivity contribution is 5.80. The number of oxime groups is 1. The normalized spacial score (nSPS) is 17.4. The molecule has 0 rings (SSSR count). The van der Waals surface area contributed by atoms with Crippen LogP contribution < -0.4 is 11.1 Å². The SMILES string of the molecule is CCC(C)NC(C)CC(N)=NO. The Hall–Kier alpha value is -0.770. The van der Waals surface area contributed by atoms with E-state index in [1.807, 2.05) is 6.92 Å². The van der Waals surface area contributed by atoms with Crippen LogP contribution in [-0.2, 0) is 0 Å². The summed E-state index contributed by atoms with van der Waals surface area (Å²) in [5.74, 6) is 0.276. The zero-order chi connectivity index (χ0) is 9.56. The van der Waals surface area contributed by atoms with Gasteiger partial charge in [0.15, 0.2) is 0 Å². The van der Waals surface area contributed by atoms with Gasteiger partial charge in [0.05, 0.1) is 0 Å². The van der Waals surface area contributed by atoms with Crippen LogP contribution in [0.1, 0.15) is 33.6 Å². The average molecular weight is 173 g/mol. The average Bonchev–Trinajstić information content (AvgIpc) is 2.03. The third kappa shape index (κ3) is 4.96. The number of hydrogen-bond acceptors (Lipinski definition) is 3. The standard InChI is InChI=1S/C8H19N3O/c1-4-6(2)10-7(3)5-8(9)11-12/h6-7,10,12H,4-5H2,1-3H3,(H2,9,11). The van der Waals surface area contributed by atoms with Crippen LogP contribution in [0.2, 0.25) is 0 Å². The predicted molar refractivity (Wildman–Crippen MR) is 50.4 cm³/mol. The van der Waals surface area contributed by atoms with Crippen LogP contribution in [0.15, 0.2) is 5.16 Å². The van der Waals surface area contributed by atoms with Gasteiger partial charge < -0.3 is 16.3 Å². The Labute approximate surface area is 73.8 Å². The van der Waals surface area contributed by atoms with Crippen LogP contribution in [0, 0.1) is 0 Å². The fraction of sp³-hybridized carbons (Fsp3) is 0.875. The molecule has 0 spiro atoms. The summed E-state index contributed by atoms with van der Waals surface area (Å²) in [5.41, 5.74) is 5.35. The van der Waals surface area contributed by atoms with Gasteiger partial charge in [0.2, 0.25) is 0 Å². The van der Waals surface area contributed by atoms with Crippen LogP contribution in [0.25, 0.3) is 0 Å². The van der Waals surface area contributed by atoms with E-state index < -0.39 is 0 Å². The van der Waals surface area contributed by atoms with Gasteiger partial charge in [0, 0.05) is 18.5 Å². The molecule has 2 atom stereocenters. The largest absolute Gasteiger partial charge is 0.409 e. The molecule has 0 amide bonds. The highest BCUT2D eigenvalue weighted by Gasteiger charge is 2.06. The molecule has 0 heterocycles. The minimum absolute atomic E-state index is 0.260. The quantitative estimate of drug-likeness (QED) is 0.250. The molecular formula is C8H19N3O. The van der Waals surface area contributed by atoms with Gasteiger partial charge in [-0.3, -0.25) is 0 Å². The van der Waals surface area contributed by atoms with Gasteiger partial charge in [-0.25, -0.2) is 0 Å². The van der Waals surface area contributed by atoms with Gasteiger partial charge in [-0.15, -0.1) is 0 Å². The molecule has 4 N–H and O–H groups in total. The van der Waals surface area contributed by atoms with Crippen molar-refractivity contribution in [3.8, 4) is 0 Å². The van der Waals surface area contributed by atoms with E-state index in [9.17, 15) is 0 Å². The Bertz CT molecular complexity index is 147. The minimum Gasteiger partial charge on any atom is -0.409 e. The van der Waals surface area contributed by atoms with Crippen molar-refractivity contribution in [2.24, 2.45) is 10.9 Å². The first-order valence-electron chi connectivity index (χ1n) is 4.32. The molecule has 0 saturated carbocycles. The van der Waals surface area contributed by atoms with E-state index in [4.69, 9.17) is 10.9 Å². The molecule has 0 aliphatic rings. The summed E-state index contributed by atoms with van der Waals surface area (Å²) in [6.45, 7) is 6.25. The molecule has 0 aliphatic heterocycles. The highest BCUT2D eigenvalue weighted by Crippen LogP contribution is 1.95. The van der Waals surface area contributed by atoms with Gasteiger partial charge in [0.25, 0.3) is 0 Å². The zero-order valence-electron chi connectivity index (χ0n) is 8.04. The van der Waals surface area contributed by atoms with E-state index in [-0.39, 0.29) is 11.9 Å². The van der Waals surface area contributed by atoms with Crippen LogP contribution in [0.4, 0.5) is 0 Å². The topological polar surface area (TPSA) is 70.6 Å². The van der Waals surface area contributed by atoms with Crippen LogP contribution in [0.5, 0.6) is 0 Å². The number of rotatable bonds is 5. The lowest BCUT2D eigenvalue weighted by molar-refractivity contribution is 0.315. The van der Waals surface area contributed by atoms with Gasteiger partial charge in [-0.1, -0.05) is 12.1 Å². The molecule has 0 aromatic carbocycles. The van der Waals surface area contributed by atoms with Gasteiger partial charge in [0.1, 0.15) is 5.84 Å². The summed E-state index contributed by atoms with van der Waals surface area (Å²) in [6.07, 6.45) is 1.67. The fourth-order valence-electron chi connectivity index (χ4n) is 1.02. The molecule has 0 bridgehead atoms. The number of nitrogens with zero attached hydrogens (tertiary/aromatic N) is 1. The van der Waals surface area contributed by atoms with Gasteiger partial charge >= 0.3 is 0 Å². The molecule has 0 saturated heterocycles. The second-order valence-electron chi connectivity index (χ2n) is 3.17. The highest BCUT2D eigenvalue weighted by atomic mass is 16.4. The fourth-order valence-corrected chi connectivity index (χ4v) is 1.02. The Kier molecular flexibility index (Phi) is 5.45. The monoisotopic (exact) mass is 173 g/mol. The lowest BCUT2D eigenvalue weighted by atomic mass is 10.2. The summed E-state index contributed by atoms with van der Waals surface area (Å²) in [6, 6.07) is 0.738. The number of nitrogens with one attached hydrogen (secondary N) is 1. The van der Waals surface area contributed by atoms with Crippen LogP contribution in [-0.4, -0.2) is 23.1 Å². The van der Waals surface area contributed by atoms with Crippen molar-refractivity contribution in [2.75, 3.05) is 0 Å². The van der Waals surface area contributed by atoms with E-state index in [1.54, 1.807) is 0 Å². The molecule has 4 nitrogen and oxygen atoms in total. The summed E-state index contributed by atoms with van der Waals surface area (Å²) >= 11 is 0. The maximum atomic E-state index is 8.31. The van der Waals surface area contributed by atoms with Crippen molar-refractivity contribution in [3.63, 3.8) is 0 Å². The first kappa shape index (κ1) is 11.2. The number of hydrogen-bond donors (Lipinski definition) is 3. The predicted octanol–water partition coefficient (Wildman–Crippen LogP) is 0.900. The molecule has 12 heavy (non-hydrogen) atoms. The molecule has 0 fully saturated rings. The lowest BCUT2D eigenvalue weighted by Crippen LogP contribution is -2.36. The van der Waals surface area contributed by atoms with Crippen molar-refractivity contribution in [2.45, 2.75) is 45.7 Å². The van der Waals surface area contributed by atoms with Crippen molar-refractivity contribution < 1.29 is 5.21 Å². The molecule has 72 valence electrons. The van der Waals surface area contributed by atoms with Crippen molar-refractivity contribution in [1.29, 1.82) is 0 Å². The van der Waals surface area contributed by atoms with Crippen molar-refractivity contribution >= 4 is 5.84 Å². The van der Waals surface area contributed by atoms with Crippen LogP contribution >= 0.6 is 0 Å². The summed E-state index contributed by atoms with van der Waals surface area (Å²) in [7, 11) is 0. The van der Waals surface area contributed by atoms with Gasteiger partial charge in [-0.2, -0.15) is 0 Å². The Morgan fingerprint density at radius 2 is 2.08 bits per heavy atom. The smallest absolute Gasteiger partial charge is 0.140 e. The second-order valence-corrected chi connectivity index (χ2v) is 3.17. The molecule has 4 heteroatoms. The first-order valence-corrected chi connectivity index (χ1v) is 4.32. The molecular weight excluding hydrogens is 154 g/mol. The second kappa shape index (κ2) is 5.83. The third-order valence-corrected chi connectivity index (χ3v) is 1.83. The Morgan fingerprint density at radius 1 is 1.50 bits per heavy atom. The van der Waals surface area contributed by atoms with E-state index in [0.717, 1.165) is 6.42 Å². The molecule has 2 unspecified atom stereocenters. The van der Waals surface area contributed by atoms with E-state index in [2.05, 4.69) is 24.3 Å². The third-order valence-electron chi connectivity index (χ3n) is 1.83. The summed E-state index contributed by atoms with van der Waals surface area (Å²) < 4.78 is 0. The van der Waals surface area contributed by atoms with Crippen molar-refractivity contribution in [1.82, 2.24) is 5.32 Å². The minimum atomic E-state index is 0.260. The molecule has 0 radical (unpaired) electrons. The first-order chi connectivity index (χ1) is 5.60. The molecule has 0 aromatic heterocycles. The Morgan fingerprint density at radius 3 is 2.50 bits per heavy atom. The lowest BCUT2D eigenvalue weighted by Gasteiger charge is -2.17. The van der Waals surface area contributed by atoms with Crippen LogP contribution in [0.3, 0.4) is 0 Å². The van der Waals surface area contributed by atoms with E-state index in [1.165, 1.54) is 0 Å². The van der Waals surface area contributed by atoms with Crippen molar-refractivity contribution in [3.05, 3.63) is 0 Å². The maximum Gasteiger partial charge on any atom is 0.140 e. The number of amidine groups is 1. The van der Waals surface area contributed by atoms with E-state index >= 15 is 0 Å². The number of nitrogens with two attached hydrogens (primary N) is 1. The van der Waals surface area contributed by atoms with Gasteiger partial charge in [-0.05, 0) is 20.3 Å². The molecule has 0 aliphatic carbocycles.